The standard InChI is InChI=1S/C20H19N7O5/c1-13(15-5-3-2-4-6-15)23-19-18(27(31)32)20(22-12-21-19)25-24-17(28)11-14-7-9-16(10-8-14)26(29)30/h2-10,12-13H,11H2,1H3,(H,24,28)(H2,21,22,23,25). The van der Waals surface area contributed by atoms with Crippen LogP contribution in [-0.4, -0.2) is 25.7 Å². The van der Waals surface area contributed by atoms with Gasteiger partial charge in [0.1, 0.15) is 6.33 Å². The number of hydrazine groups is 1. The molecule has 2 aromatic carbocycles. The molecule has 1 aromatic heterocycles. The summed E-state index contributed by atoms with van der Waals surface area (Å²) in [6, 6.07) is 14.6. The predicted molar refractivity (Wildman–Crippen MR) is 116 cm³/mol. The molecule has 3 N–H and O–H groups in total. The molecule has 1 unspecified atom stereocenters. The lowest BCUT2D eigenvalue weighted by atomic mass is 10.1. The van der Waals surface area contributed by atoms with Crippen LogP contribution in [0.4, 0.5) is 23.0 Å². The maximum Gasteiger partial charge on any atom is 0.354 e. The third-order valence-corrected chi connectivity index (χ3v) is 4.49. The highest BCUT2D eigenvalue weighted by molar-refractivity contribution is 5.81. The van der Waals surface area contributed by atoms with Gasteiger partial charge in [-0.3, -0.25) is 35.9 Å². The van der Waals surface area contributed by atoms with Crippen molar-refractivity contribution in [2.24, 2.45) is 0 Å². The number of nitrogens with one attached hydrogen (secondary N) is 3. The molecule has 164 valence electrons. The Morgan fingerprint density at radius 1 is 0.969 bits per heavy atom. The molecule has 1 atom stereocenters. The minimum absolute atomic E-state index is 0.00605. The lowest BCUT2D eigenvalue weighted by Gasteiger charge is -2.16. The summed E-state index contributed by atoms with van der Waals surface area (Å²) < 4.78 is 0. The first-order valence-corrected chi connectivity index (χ1v) is 9.44. The zero-order chi connectivity index (χ0) is 23.1. The van der Waals surface area contributed by atoms with E-state index in [1.807, 2.05) is 37.3 Å². The fraction of sp³-hybridized carbons (Fsp3) is 0.150. The van der Waals surface area contributed by atoms with Gasteiger partial charge in [-0.1, -0.05) is 42.5 Å². The van der Waals surface area contributed by atoms with Crippen LogP contribution in [0.3, 0.4) is 0 Å². The SMILES string of the molecule is CC(Nc1ncnc(NNC(=O)Cc2ccc([N+](=O)[O-])cc2)c1[N+](=O)[O-])c1ccccc1. The first kappa shape index (κ1) is 22.1. The number of nitro benzene ring substituents is 1. The average molecular weight is 437 g/mol. The van der Waals surface area contributed by atoms with E-state index in [0.29, 0.717) is 5.56 Å². The van der Waals surface area contributed by atoms with E-state index in [1.165, 1.54) is 24.3 Å². The van der Waals surface area contributed by atoms with E-state index in [4.69, 9.17) is 0 Å². The molecule has 32 heavy (non-hydrogen) atoms. The van der Waals surface area contributed by atoms with Gasteiger partial charge < -0.3 is 5.32 Å². The smallest absolute Gasteiger partial charge is 0.354 e. The van der Waals surface area contributed by atoms with Crippen LogP contribution >= 0.6 is 0 Å². The molecule has 1 amide bonds. The highest BCUT2D eigenvalue weighted by atomic mass is 16.6. The van der Waals surface area contributed by atoms with Crippen molar-refractivity contribution in [1.82, 2.24) is 15.4 Å². The Morgan fingerprint density at radius 3 is 2.25 bits per heavy atom. The lowest BCUT2D eigenvalue weighted by molar-refractivity contribution is -0.384. The largest absolute Gasteiger partial charge is 0.358 e. The van der Waals surface area contributed by atoms with E-state index in [9.17, 15) is 25.0 Å². The summed E-state index contributed by atoms with van der Waals surface area (Å²) in [6.45, 7) is 1.83. The number of carbonyl (C=O) groups is 1. The normalized spacial score (nSPS) is 11.3. The van der Waals surface area contributed by atoms with E-state index in [0.717, 1.165) is 11.9 Å². The molecule has 0 fully saturated rings. The van der Waals surface area contributed by atoms with Gasteiger partial charge in [-0.05, 0) is 18.1 Å². The van der Waals surface area contributed by atoms with Crippen LogP contribution in [0.1, 0.15) is 24.1 Å². The van der Waals surface area contributed by atoms with Crippen molar-refractivity contribution in [3.8, 4) is 0 Å². The van der Waals surface area contributed by atoms with Crippen molar-refractivity contribution in [2.45, 2.75) is 19.4 Å². The van der Waals surface area contributed by atoms with Gasteiger partial charge in [-0.2, -0.15) is 0 Å². The van der Waals surface area contributed by atoms with Crippen LogP contribution in [0.5, 0.6) is 0 Å². The Kier molecular flexibility index (Phi) is 6.85. The molecule has 0 aliphatic carbocycles. The minimum Gasteiger partial charge on any atom is -0.358 e. The summed E-state index contributed by atoms with van der Waals surface area (Å²) in [4.78, 5) is 41.2. The molecule has 0 radical (unpaired) electrons. The zero-order valence-electron chi connectivity index (χ0n) is 16.9. The summed E-state index contributed by atoms with van der Waals surface area (Å²) in [5, 5.41) is 25.4. The van der Waals surface area contributed by atoms with Crippen molar-refractivity contribution >= 4 is 28.9 Å². The van der Waals surface area contributed by atoms with Gasteiger partial charge >= 0.3 is 5.69 Å². The highest BCUT2D eigenvalue weighted by Crippen LogP contribution is 2.31. The Hall–Kier alpha value is -4.61. The van der Waals surface area contributed by atoms with Crippen molar-refractivity contribution in [2.75, 3.05) is 10.7 Å². The van der Waals surface area contributed by atoms with Crippen LogP contribution in [0.25, 0.3) is 0 Å². The third-order valence-electron chi connectivity index (χ3n) is 4.49. The molecular weight excluding hydrogens is 418 g/mol. The maximum absolute atomic E-state index is 12.2. The highest BCUT2D eigenvalue weighted by Gasteiger charge is 2.24. The molecule has 3 aromatic rings. The molecule has 0 bridgehead atoms. The summed E-state index contributed by atoms with van der Waals surface area (Å²) >= 11 is 0. The van der Waals surface area contributed by atoms with Crippen molar-refractivity contribution in [1.29, 1.82) is 0 Å². The number of hydrogen-bond acceptors (Lipinski definition) is 9. The first-order chi connectivity index (χ1) is 15.3. The van der Waals surface area contributed by atoms with Crippen LogP contribution in [0.15, 0.2) is 60.9 Å². The average Bonchev–Trinajstić information content (AvgIpc) is 2.78. The Labute approximate surface area is 182 Å². The Balaban J connectivity index is 1.69. The molecule has 0 spiro atoms. The van der Waals surface area contributed by atoms with Gasteiger partial charge in [-0.25, -0.2) is 9.97 Å². The summed E-state index contributed by atoms with van der Waals surface area (Å²) in [5.41, 5.74) is 5.73. The molecular formula is C20H19N7O5. The van der Waals surface area contributed by atoms with Gasteiger partial charge in [-0.15, -0.1) is 0 Å². The van der Waals surface area contributed by atoms with Crippen LogP contribution in [0.2, 0.25) is 0 Å². The topological polar surface area (TPSA) is 165 Å². The van der Waals surface area contributed by atoms with E-state index < -0.39 is 21.4 Å². The van der Waals surface area contributed by atoms with Crippen LogP contribution in [0, 0.1) is 20.2 Å². The number of hydrogen-bond donors (Lipinski definition) is 3. The van der Waals surface area contributed by atoms with Crippen LogP contribution < -0.4 is 16.2 Å². The second kappa shape index (κ2) is 9.93. The number of amides is 1. The van der Waals surface area contributed by atoms with E-state index in [2.05, 4.69) is 26.1 Å². The zero-order valence-corrected chi connectivity index (χ0v) is 16.9. The van der Waals surface area contributed by atoms with Gasteiger partial charge in [0.05, 0.1) is 22.3 Å². The molecule has 0 aliphatic rings. The number of non-ortho nitro benzene ring substituents is 1. The molecule has 0 saturated carbocycles. The second-order valence-corrected chi connectivity index (χ2v) is 6.73. The maximum atomic E-state index is 12.2. The monoisotopic (exact) mass is 437 g/mol. The number of aromatic nitrogens is 2. The van der Waals surface area contributed by atoms with Gasteiger partial charge in [0.25, 0.3) is 5.69 Å². The Morgan fingerprint density at radius 2 is 1.62 bits per heavy atom. The summed E-state index contributed by atoms with van der Waals surface area (Å²) in [7, 11) is 0. The second-order valence-electron chi connectivity index (χ2n) is 6.73. The number of nitro groups is 2. The van der Waals surface area contributed by atoms with Crippen molar-refractivity contribution in [3.63, 3.8) is 0 Å². The van der Waals surface area contributed by atoms with Gasteiger partial charge in [0.15, 0.2) is 0 Å². The van der Waals surface area contributed by atoms with Crippen molar-refractivity contribution < 1.29 is 14.6 Å². The lowest BCUT2D eigenvalue weighted by Crippen LogP contribution is -2.31. The predicted octanol–water partition coefficient (Wildman–Crippen LogP) is 3.15. The number of rotatable bonds is 9. The third kappa shape index (κ3) is 5.50. The van der Waals surface area contributed by atoms with E-state index >= 15 is 0 Å². The summed E-state index contributed by atoms with van der Waals surface area (Å²) in [5.74, 6) is -0.711. The molecule has 1 heterocycles. The van der Waals surface area contributed by atoms with Gasteiger partial charge in [0, 0.05) is 12.1 Å². The summed E-state index contributed by atoms with van der Waals surface area (Å²) in [6.07, 6.45) is 1.04. The van der Waals surface area contributed by atoms with Gasteiger partial charge in [0.2, 0.25) is 17.5 Å². The minimum atomic E-state index is -0.648. The Bertz CT molecular complexity index is 1120. The van der Waals surface area contributed by atoms with Crippen molar-refractivity contribution in [3.05, 3.63) is 92.3 Å². The quantitative estimate of drug-likeness (QED) is 0.337. The number of nitrogens with zero attached hydrogens (tertiary/aromatic N) is 4. The first-order valence-electron chi connectivity index (χ1n) is 9.44. The number of carbonyl (C=O) groups excluding carboxylic acids is 1. The molecule has 0 aliphatic heterocycles. The fourth-order valence-electron chi connectivity index (χ4n) is 2.87. The fourth-order valence-corrected chi connectivity index (χ4v) is 2.87. The molecule has 0 saturated heterocycles. The van der Waals surface area contributed by atoms with E-state index in [1.54, 1.807) is 0 Å². The molecule has 3 rings (SSSR count). The number of benzene rings is 2. The molecule has 12 nitrogen and oxygen atoms in total. The van der Waals surface area contributed by atoms with E-state index in [-0.39, 0.29) is 29.8 Å². The number of anilines is 2. The van der Waals surface area contributed by atoms with Crippen LogP contribution in [-0.2, 0) is 11.2 Å². The molecule has 12 heteroatoms.